The second kappa shape index (κ2) is 12.4. The summed E-state index contributed by atoms with van der Waals surface area (Å²) in [7, 11) is 1.76. The van der Waals surface area contributed by atoms with E-state index in [1.54, 1.807) is 7.11 Å². The third-order valence-electron chi connectivity index (χ3n) is 7.73. The van der Waals surface area contributed by atoms with E-state index in [2.05, 4.69) is 103 Å². The number of H-pyrrole nitrogens is 1. The molecule has 6 rings (SSSR count). The summed E-state index contributed by atoms with van der Waals surface area (Å²) < 4.78 is 7.88. The predicted molar refractivity (Wildman–Crippen MR) is 160 cm³/mol. The quantitative estimate of drug-likeness (QED) is 0.253. The minimum absolute atomic E-state index is 0.595. The third kappa shape index (κ3) is 5.91. The van der Waals surface area contributed by atoms with Crippen molar-refractivity contribution in [1.82, 2.24) is 35.1 Å². The number of aromatic amines is 1. The lowest BCUT2D eigenvalue weighted by Crippen LogP contribution is -2.45. The topological polar surface area (TPSA) is 88.0 Å². The monoisotopic (exact) mass is 548 g/mol. The highest BCUT2D eigenvalue weighted by molar-refractivity contribution is 5.80. The van der Waals surface area contributed by atoms with Crippen molar-refractivity contribution >= 4 is 5.82 Å². The highest BCUT2D eigenvalue weighted by Gasteiger charge is 2.28. The Kier molecular flexibility index (Phi) is 8.16. The molecule has 0 unspecified atom stereocenters. The summed E-state index contributed by atoms with van der Waals surface area (Å²) in [5.74, 6) is 2.81. The molecule has 0 atom stereocenters. The maximum Gasteiger partial charge on any atom is 0.205 e. The largest absolute Gasteiger partial charge is 0.383 e. The molecule has 0 amide bonds. The summed E-state index contributed by atoms with van der Waals surface area (Å²) in [4.78, 5) is 10.0. The molecule has 0 bridgehead atoms. The number of ether oxygens (including phenoxy) is 1. The normalized spacial score (nSPS) is 13.5. The first-order valence-corrected chi connectivity index (χ1v) is 14.2. The van der Waals surface area contributed by atoms with Gasteiger partial charge in [-0.3, -0.25) is 4.90 Å². The van der Waals surface area contributed by atoms with Crippen LogP contribution in [0.2, 0.25) is 0 Å². The SMILES string of the molecule is CCc1nc2c(n1Cc1ccc(-c3ccccc3-c3nn[nH]n3)cc1)CN(CCc1ccccc1)CN2CCOC. The van der Waals surface area contributed by atoms with Gasteiger partial charge in [0, 0.05) is 45.3 Å². The zero-order chi connectivity index (χ0) is 28.0. The Balaban J connectivity index is 1.26. The molecule has 41 heavy (non-hydrogen) atoms. The standard InChI is InChI=1S/C32H36N8O/c1-3-30-33-32-29(22-38(23-39(32)19-20-41-2)18-17-24-9-5-4-6-10-24)40(30)21-25-13-15-26(16-14-25)27-11-7-8-12-28(27)31-34-36-37-35-31/h4-16H,3,17-23H2,1-2H3,(H,34,35,36,37). The first-order chi connectivity index (χ1) is 20.2. The van der Waals surface area contributed by atoms with Crippen molar-refractivity contribution in [2.24, 2.45) is 0 Å². The first kappa shape index (κ1) is 26.9. The highest BCUT2D eigenvalue weighted by atomic mass is 16.5. The molecule has 2 aromatic heterocycles. The average Bonchev–Trinajstić information content (AvgIpc) is 3.69. The maximum atomic E-state index is 5.46. The maximum absolute atomic E-state index is 5.46. The number of tetrazole rings is 1. The van der Waals surface area contributed by atoms with Gasteiger partial charge < -0.3 is 14.2 Å². The zero-order valence-electron chi connectivity index (χ0n) is 23.7. The number of rotatable bonds is 11. The molecule has 1 N–H and O–H groups in total. The number of methoxy groups -OCH3 is 1. The van der Waals surface area contributed by atoms with Crippen LogP contribution in [0.25, 0.3) is 22.5 Å². The molecule has 5 aromatic rings. The summed E-state index contributed by atoms with van der Waals surface area (Å²) in [6.45, 7) is 7.20. The molecule has 0 aliphatic carbocycles. The highest BCUT2D eigenvalue weighted by Crippen LogP contribution is 2.32. The third-order valence-corrected chi connectivity index (χ3v) is 7.73. The molecule has 0 spiro atoms. The van der Waals surface area contributed by atoms with Crippen LogP contribution in [-0.2, 0) is 30.7 Å². The molecule has 0 radical (unpaired) electrons. The number of imidazole rings is 1. The summed E-state index contributed by atoms with van der Waals surface area (Å²) in [5.41, 5.74) is 7.05. The van der Waals surface area contributed by atoms with Crippen molar-refractivity contribution in [2.45, 2.75) is 32.9 Å². The molecular formula is C32H36N8O. The lowest BCUT2D eigenvalue weighted by molar-refractivity contribution is 0.191. The number of benzene rings is 3. The van der Waals surface area contributed by atoms with E-state index in [-0.39, 0.29) is 0 Å². The van der Waals surface area contributed by atoms with Gasteiger partial charge in [-0.2, -0.15) is 5.21 Å². The number of hydrogen-bond donors (Lipinski definition) is 1. The zero-order valence-corrected chi connectivity index (χ0v) is 23.7. The summed E-state index contributed by atoms with van der Waals surface area (Å²) in [6.07, 6.45) is 1.90. The predicted octanol–water partition coefficient (Wildman–Crippen LogP) is 4.81. The molecule has 9 nitrogen and oxygen atoms in total. The van der Waals surface area contributed by atoms with Gasteiger partial charge in [-0.1, -0.05) is 85.8 Å². The molecule has 9 heteroatoms. The number of nitrogens with zero attached hydrogens (tertiary/aromatic N) is 7. The Morgan fingerprint density at radius 1 is 0.878 bits per heavy atom. The Labute approximate surface area is 240 Å². The fourth-order valence-electron chi connectivity index (χ4n) is 5.60. The van der Waals surface area contributed by atoms with Gasteiger partial charge in [0.2, 0.25) is 5.82 Å². The van der Waals surface area contributed by atoms with E-state index in [4.69, 9.17) is 9.72 Å². The van der Waals surface area contributed by atoms with Gasteiger partial charge in [-0.25, -0.2) is 4.98 Å². The number of aromatic nitrogens is 6. The Morgan fingerprint density at radius 2 is 1.66 bits per heavy atom. The Bertz CT molecular complexity index is 1550. The van der Waals surface area contributed by atoms with Crippen molar-refractivity contribution in [3.05, 3.63) is 102 Å². The van der Waals surface area contributed by atoms with Crippen LogP contribution in [-0.4, -0.2) is 68.6 Å². The molecule has 1 aliphatic heterocycles. The number of aryl methyl sites for hydroxylation is 1. The van der Waals surface area contributed by atoms with Gasteiger partial charge in [0.15, 0.2) is 5.82 Å². The van der Waals surface area contributed by atoms with Gasteiger partial charge in [0.25, 0.3) is 0 Å². The van der Waals surface area contributed by atoms with Crippen molar-refractivity contribution < 1.29 is 4.74 Å². The molecule has 3 aromatic carbocycles. The second-order valence-corrected chi connectivity index (χ2v) is 10.4. The second-order valence-electron chi connectivity index (χ2n) is 10.4. The van der Waals surface area contributed by atoms with Crippen molar-refractivity contribution in [1.29, 1.82) is 0 Å². The summed E-state index contributed by atoms with van der Waals surface area (Å²) in [6, 6.07) is 27.7. The van der Waals surface area contributed by atoms with Crippen LogP contribution in [0.3, 0.4) is 0 Å². The van der Waals surface area contributed by atoms with E-state index in [1.807, 2.05) is 18.2 Å². The fourth-order valence-corrected chi connectivity index (χ4v) is 5.60. The molecule has 210 valence electrons. The van der Waals surface area contributed by atoms with Crippen molar-refractivity contribution in [3.63, 3.8) is 0 Å². The fraction of sp³-hybridized carbons (Fsp3) is 0.312. The minimum atomic E-state index is 0.595. The van der Waals surface area contributed by atoms with Crippen LogP contribution in [0.4, 0.5) is 5.82 Å². The van der Waals surface area contributed by atoms with Gasteiger partial charge in [0.05, 0.1) is 19.0 Å². The number of hydrogen-bond acceptors (Lipinski definition) is 7. The van der Waals surface area contributed by atoms with Gasteiger partial charge in [-0.05, 0) is 33.9 Å². The van der Waals surface area contributed by atoms with Crippen LogP contribution in [0.5, 0.6) is 0 Å². The smallest absolute Gasteiger partial charge is 0.205 e. The Hall–Kier alpha value is -4.34. The van der Waals surface area contributed by atoms with Gasteiger partial charge in [0.1, 0.15) is 5.82 Å². The lowest BCUT2D eigenvalue weighted by Gasteiger charge is -2.36. The molecular weight excluding hydrogens is 512 g/mol. The van der Waals surface area contributed by atoms with Gasteiger partial charge in [-0.15, -0.1) is 10.2 Å². The van der Waals surface area contributed by atoms with Gasteiger partial charge >= 0.3 is 0 Å². The van der Waals surface area contributed by atoms with Crippen LogP contribution in [0.1, 0.15) is 29.6 Å². The number of nitrogens with one attached hydrogen (secondary N) is 1. The number of anilines is 1. The molecule has 1 aliphatic rings. The van der Waals surface area contributed by atoms with Crippen molar-refractivity contribution in [3.8, 4) is 22.5 Å². The first-order valence-electron chi connectivity index (χ1n) is 14.2. The minimum Gasteiger partial charge on any atom is -0.383 e. The molecule has 0 saturated carbocycles. The van der Waals surface area contributed by atoms with E-state index in [1.165, 1.54) is 16.8 Å². The van der Waals surface area contributed by atoms with E-state index in [0.717, 1.165) is 74.0 Å². The van der Waals surface area contributed by atoms with E-state index in [0.29, 0.717) is 12.4 Å². The van der Waals surface area contributed by atoms with E-state index >= 15 is 0 Å². The molecule has 3 heterocycles. The van der Waals surface area contributed by atoms with Crippen LogP contribution >= 0.6 is 0 Å². The van der Waals surface area contributed by atoms with Crippen LogP contribution in [0.15, 0.2) is 78.9 Å². The molecule has 0 fully saturated rings. The summed E-state index contributed by atoms with van der Waals surface area (Å²) >= 11 is 0. The van der Waals surface area contributed by atoms with Crippen LogP contribution < -0.4 is 4.90 Å². The number of fused-ring (bicyclic) bond motifs is 1. The molecule has 0 saturated heterocycles. The van der Waals surface area contributed by atoms with Crippen molar-refractivity contribution in [2.75, 3.05) is 38.4 Å². The Morgan fingerprint density at radius 3 is 2.39 bits per heavy atom. The van der Waals surface area contributed by atoms with E-state index < -0.39 is 0 Å². The lowest BCUT2D eigenvalue weighted by atomic mass is 9.98. The van der Waals surface area contributed by atoms with E-state index in [9.17, 15) is 0 Å². The average molecular weight is 549 g/mol. The summed E-state index contributed by atoms with van der Waals surface area (Å²) in [5, 5.41) is 14.7. The van der Waals surface area contributed by atoms with Crippen LogP contribution in [0, 0.1) is 0 Å².